The summed E-state index contributed by atoms with van der Waals surface area (Å²) in [6, 6.07) is 3.62. The van der Waals surface area contributed by atoms with Gasteiger partial charge >= 0.3 is 5.97 Å². The lowest BCUT2D eigenvalue weighted by Gasteiger charge is -2.19. The van der Waals surface area contributed by atoms with Gasteiger partial charge in [0.1, 0.15) is 0 Å². The van der Waals surface area contributed by atoms with Crippen molar-refractivity contribution in [3.05, 3.63) is 35.4 Å². The van der Waals surface area contributed by atoms with Gasteiger partial charge in [0.05, 0.1) is 5.41 Å². The van der Waals surface area contributed by atoms with Crippen molar-refractivity contribution in [1.29, 1.82) is 0 Å². The zero-order valence-corrected chi connectivity index (χ0v) is 11.8. The Morgan fingerprint density at radius 3 is 2.57 bits per heavy atom. The predicted octanol–water partition coefficient (Wildman–Crippen LogP) is 2.30. The SMILES string of the molecule is CC(C)(CNC(=O)C1CC1c1ccc(F)c(F)c1)C(=O)O. The molecule has 114 valence electrons. The van der Waals surface area contributed by atoms with E-state index >= 15 is 0 Å². The Labute approximate surface area is 121 Å². The first-order valence-electron chi connectivity index (χ1n) is 6.68. The van der Waals surface area contributed by atoms with Crippen LogP contribution in [0, 0.1) is 23.0 Å². The molecule has 0 saturated heterocycles. The topological polar surface area (TPSA) is 66.4 Å². The Morgan fingerprint density at radius 1 is 1.33 bits per heavy atom. The van der Waals surface area contributed by atoms with Crippen LogP contribution < -0.4 is 5.32 Å². The minimum atomic E-state index is -1.04. The van der Waals surface area contributed by atoms with Gasteiger partial charge in [-0.05, 0) is 43.9 Å². The van der Waals surface area contributed by atoms with Gasteiger partial charge in [0.15, 0.2) is 11.6 Å². The molecular formula is C15H17F2NO3. The molecule has 2 N–H and O–H groups in total. The first kappa shape index (κ1) is 15.4. The molecule has 1 aromatic rings. The summed E-state index contributed by atoms with van der Waals surface area (Å²) >= 11 is 0. The lowest BCUT2D eigenvalue weighted by atomic mass is 9.94. The zero-order valence-electron chi connectivity index (χ0n) is 11.8. The van der Waals surface area contributed by atoms with Crippen LogP contribution in [-0.4, -0.2) is 23.5 Å². The molecule has 1 aliphatic rings. The minimum absolute atomic E-state index is 0.0299. The highest BCUT2D eigenvalue weighted by atomic mass is 19.2. The Balaban J connectivity index is 1.92. The van der Waals surface area contributed by atoms with Gasteiger partial charge in [0.25, 0.3) is 0 Å². The van der Waals surface area contributed by atoms with Crippen molar-refractivity contribution in [2.75, 3.05) is 6.54 Å². The largest absolute Gasteiger partial charge is 0.481 e. The van der Waals surface area contributed by atoms with Crippen molar-refractivity contribution in [2.24, 2.45) is 11.3 Å². The van der Waals surface area contributed by atoms with Crippen LogP contribution in [0.3, 0.4) is 0 Å². The van der Waals surface area contributed by atoms with Gasteiger partial charge in [-0.2, -0.15) is 0 Å². The highest BCUT2D eigenvalue weighted by Crippen LogP contribution is 2.47. The molecule has 0 heterocycles. The summed E-state index contributed by atoms with van der Waals surface area (Å²) in [5.41, 5.74) is -0.450. The van der Waals surface area contributed by atoms with E-state index in [-0.39, 0.29) is 24.3 Å². The molecule has 1 aliphatic carbocycles. The number of nitrogens with one attached hydrogen (secondary N) is 1. The molecule has 2 atom stereocenters. The molecule has 0 spiro atoms. The molecule has 0 bridgehead atoms. The summed E-state index contributed by atoms with van der Waals surface area (Å²) in [6.07, 6.45) is 0.560. The molecule has 0 aliphatic heterocycles. The van der Waals surface area contributed by atoms with Gasteiger partial charge < -0.3 is 10.4 Å². The molecule has 21 heavy (non-hydrogen) atoms. The number of aliphatic carboxylic acids is 1. The van der Waals surface area contributed by atoms with E-state index in [0.717, 1.165) is 12.1 Å². The highest BCUT2D eigenvalue weighted by Gasteiger charge is 2.44. The smallest absolute Gasteiger partial charge is 0.310 e. The van der Waals surface area contributed by atoms with Gasteiger partial charge in [-0.1, -0.05) is 6.07 Å². The molecule has 1 fully saturated rings. The van der Waals surface area contributed by atoms with E-state index in [2.05, 4.69) is 5.32 Å². The van der Waals surface area contributed by atoms with Crippen LogP contribution in [0.1, 0.15) is 31.7 Å². The van der Waals surface area contributed by atoms with Gasteiger partial charge in [-0.25, -0.2) is 8.78 Å². The van der Waals surface area contributed by atoms with E-state index in [0.29, 0.717) is 12.0 Å². The van der Waals surface area contributed by atoms with Crippen molar-refractivity contribution in [3.8, 4) is 0 Å². The molecule has 1 aromatic carbocycles. The maximum absolute atomic E-state index is 13.1. The van der Waals surface area contributed by atoms with E-state index in [9.17, 15) is 18.4 Å². The first-order valence-corrected chi connectivity index (χ1v) is 6.68. The maximum atomic E-state index is 13.1. The standard InChI is InChI=1S/C15H17F2NO3/c1-15(2,14(20)21)7-18-13(19)10-6-9(10)8-3-4-11(16)12(17)5-8/h3-5,9-10H,6-7H2,1-2H3,(H,18,19)(H,20,21). The van der Waals surface area contributed by atoms with E-state index < -0.39 is 23.0 Å². The number of carbonyl (C=O) groups excluding carboxylic acids is 1. The molecule has 2 rings (SSSR count). The third-order valence-corrected chi connectivity index (χ3v) is 3.78. The lowest BCUT2D eigenvalue weighted by Crippen LogP contribution is -2.39. The number of hydrogen-bond donors (Lipinski definition) is 2. The van der Waals surface area contributed by atoms with Crippen LogP contribution in [0.15, 0.2) is 18.2 Å². The number of amides is 1. The van der Waals surface area contributed by atoms with Gasteiger partial charge in [0.2, 0.25) is 5.91 Å². The van der Waals surface area contributed by atoms with Crippen molar-refractivity contribution < 1.29 is 23.5 Å². The van der Waals surface area contributed by atoms with Crippen molar-refractivity contribution >= 4 is 11.9 Å². The van der Waals surface area contributed by atoms with Crippen molar-refractivity contribution in [2.45, 2.75) is 26.2 Å². The predicted molar refractivity (Wildman–Crippen MR) is 71.6 cm³/mol. The third kappa shape index (κ3) is 3.37. The number of carboxylic acid groups (broad SMARTS) is 1. The zero-order chi connectivity index (χ0) is 15.8. The van der Waals surface area contributed by atoms with E-state index in [1.165, 1.54) is 19.9 Å². The normalized spacial score (nSPS) is 21.0. The highest BCUT2D eigenvalue weighted by molar-refractivity contribution is 5.83. The molecule has 0 aromatic heterocycles. The van der Waals surface area contributed by atoms with Crippen LogP contribution in [0.25, 0.3) is 0 Å². The van der Waals surface area contributed by atoms with E-state index in [1.807, 2.05) is 0 Å². The monoisotopic (exact) mass is 297 g/mol. The molecule has 4 nitrogen and oxygen atoms in total. The molecule has 0 radical (unpaired) electrons. The van der Waals surface area contributed by atoms with Gasteiger partial charge in [0, 0.05) is 12.5 Å². The van der Waals surface area contributed by atoms with Crippen LogP contribution in [0.4, 0.5) is 8.78 Å². The number of carbonyl (C=O) groups is 2. The van der Waals surface area contributed by atoms with Crippen LogP contribution in [-0.2, 0) is 9.59 Å². The van der Waals surface area contributed by atoms with Crippen LogP contribution >= 0.6 is 0 Å². The second kappa shape index (κ2) is 5.42. The quantitative estimate of drug-likeness (QED) is 0.876. The van der Waals surface area contributed by atoms with E-state index in [1.54, 1.807) is 0 Å². The second-order valence-corrected chi connectivity index (χ2v) is 6.03. The average Bonchev–Trinajstić information content (AvgIpc) is 3.19. The Bertz CT molecular complexity index is 586. The van der Waals surface area contributed by atoms with Gasteiger partial charge in [-0.3, -0.25) is 9.59 Å². The molecule has 6 heteroatoms. The van der Waals surface area contributed by atoms with Crippen molar-refractivity contribution in [3.63, 3.8) is 0 Å². The van der Waals surface area contributed by atoms with Crippen LogP contribution in [0.2, 0.25) is 0 Å². The molecule has 1 saturated carbocycles. The summed E-state index contributed by atoms with van der Waals surface area (Å²) in [5, 5.41) is 11.6. The Kier molecular flexibility index (Phi) is 3.98. The fourth-order valence-corrected chi connectivity index (χ4v) is 2.11. The lowest BCUT2D eigenvalue weighted by molar-refractivity contribution is -0.146. The summed E-state index contributed by atoms with van der Waals surface area (Å²) in [4.78, 5) is 22.9. The number of halogens is 2. The number of carboxylic acids is 1. The maximum Gasteiger partial charge on any atom is 0.310 e. The fraction of sp³-hybridized carbons (Fsp3) is 0.467. The van der Waals surface area contributed by atoms with Crippen LogP contribution in [0.5, 0.6) is 0 Å². The average molecular weight is 297 g/mol. The minimum Gasteiger partial charge on any atom is -0.481 e. The second-order valence-electron chi connectivity index (χ2n) is 6.03. The molecule has 2 unspecified atom stereocenters. The Morgan fingerprint density at radius 2 is 2.00 bits per heavy atom. The number of benzene rings is 1. The molecular weight excluding hydrogens is 280 g/mol. The summed E-state index contributed by atoms with van der Waals surface area (Å²) in [6.45, 7) is 3.08. The van der Waals surface area contributed by atoms with Gasteiger partial charge in [-0.15, -0.1) is 0 Å². The number of rotatable bonds is 5. The summed E-state index contributed by atoms with van der Waals surface area (Å²) in [7, 11) is 0. The van der Waals surface area contributed by atoms with E-state index in [4.69, 9.17) is 5.11 Å². The van der Waals surface area contributed by atoms with Crippen molar-refractivity contribution in [1.82, 2.24) is 5.32 Å². The summed E-state index contributed by atoms with van der Waals surface area (Å²) < 4.78 is 26.0. The Hall–Kier alpha value is -1.98. The number of hydrogen-bond acceptors (Lipinski definition) is 2. The first-order chi connectivity index (χ1) is 9.72. The molecule has 1 amide bonds. The third-order valence-electron chi connectivity index (χ3n) is 3.78. The summed E-state index contributed by atoms with van der Waals surface area (Å²) in [5.74, 6) is -3.52. The fourth-order valence-electron chi connectivity index (χ4n) is 2.11.